The molecule has 12 rings (SSSR count). The molecule has 0 N–H and O–H groups in total. The Balaban J connectivity index is 0.985. The Morgan fingerprint density at radius 3 is 1.79 bits per heavy atom. The van der Waals surface area contributed by atoms with Gasteiger partial charge < -0.3 is 13.7 Å². The van der Waals surface area contributed by atoms with Crippen molar-refractivity contribution >= 4 is 49.4 Å². The van der Waals surface area contributed by atoms with Crippen LogP contribution in [0.2, 0.25) is 0 Å². The highest BCUT2D eigenvalue weighted by Crippen LogP contribution is 2.50. The molecule has 57 heavy (non-hydrogen) atoms. The number of benzene rings is 7. The molecule has 2 aliphatic rings. The lowest BCUT2D eigenvalue weighted by Gasteiger charge is -2.21. The molecule has 1 aliphatic heterocycles. The van der Waals surface area contributed by atoms with Gasteiger partial charge in [-0.3, -0.25) is 0 Å². The number of nitrogens with zero attached hydrogens (tertiary/aromatic N) is 4. The molecule has 6 nitrogen and oxygen atoms in total. The number of ether oxygens (including phenoxy) is 1. The third-order valence-corrected chi connectivity index (χ3v) is 11.4. The lowest BCUT2D eigenvalue weighted by molar-refractivity contribution is 0.269. The maximum Gasteiger partial charge on any atom is 0.167 e. The van der Waals surface area contributed by atoms with Gasteiger partial charge in [0, 0.05) is 49.9 Å². The van der Waals surface area contributed by atoms with Crippen molar-refractivity contribution in [3.63, 3.8) is 0 Å². The SMILES string of the molecule is C1=CC2c3c(cccc3-c3cccc4oc5c(-c6nc(-c7ccccc7)nc(-c7ccccc7)n6)cccc5c34)OC2C=C1n1c2ccccc2c2ccccc21. The second-order valence-electron chi connectivity index (χ2n) is 14.6. The Kier molecular flexibility index (Phi) is 6.95. The minimum absolute atomic E-state index is 0.0510. The summed E-state index contributed by atoms with van der Waals surface area (Å²) >= 11 is 0. The molecule has 3 aromatic heterocycles. The summed E-state index contributed by atoms with van der Waals surface area (Å²) in [5.41, 5.74) is 11.1. The summed E-state index contributed by atoms with van der Waals surface area (Å²) in [6, 6.07) is 56.3. The molecule has 0 bridgehead atoms. The molecule has 268 valence electrons. The highest BCUT2D eigenvalue weighted by Gasteiger charge is 2.36. The molecular formula is C51H32N4O2. The zero-order valence-corrected chi connectivity index (χ0v) is 30.6. The van der Waals surface area contributed by atoms with E-state index < -0.39 is 0 Å². The van der Waals surface area contributed by atoms with Crippen LogP contribution in [0.5, 0.6) is 5.75 Å². The Morgan fingerprint density at radius 1 is 0.491 bits per heavy atom. The molecule has 4 heterocycles. The van der Waals surface area contributed by atoms with Gasteiger partial charge in [0.05, 0.1) is 16.6 Å². The minimum atomic E-state index is -0.144. The zero-order chi connectivity index (χ0) is 37.5. The first kappa shape index (κ1) is 31.7. The number of fused-ring (bicyclic) bond motifs is 9. The predicted octanol–water partition coefficient (Wildman–Crippen LogP) is 12.5. The Morgan fingerprint density at radius 2 is 1.07 bits per heavy atom. The molecule has 7 aromatic carbocycles. The van der Waals surface area contributed by atoms with Crippen molar-refractivity contribution in [2.24, 2.45) is 0 Å². The summed E-state index contributed by atoms with van der Waals surface area (Å²) in [5.74, 6) is 2.74. The smallest absolute Gasteiger partial charge is 0.167 e. The van der Waals surface area contributed by atoms with Gasteiger partial charge in [0.15, 0.2) is 17.5 Å². The maximum absolute atomic E-state index is 6.79. The van der Waals surface area contributed by atoms with Gasteiger partial charge in [-0.2, -0.15) is 0 Å². The van der Waals surface area contributed by atoms with Crippen molar-refractivity contribution in [3.8, 4) is 51.0 Å². The van der Waals surface area contributed by atoms with Crippen LogP contribution in [0.3, 0.4) is 0 Å². The van der Waals surface area contributed by atoms with Crippen LogP contribution in [0, 0.1) is 0 Å². The third-order valence-electron chi connectivity index (χ3n) is 11.4. The van der Waals surface area contributed by atoms with Gasteiger partial charge in [-0.1, -0.05) is 140 Å². The second kappa shape index (κ2) is 12.5. The first-order chi connectivity index (χ1) is 28.3. The van der Waals surface area contributed by atoms with Gasteiger partial charge in [-0.05, 0) is 53.6 Å². The van der Waals surface area contributed by atoms with Gasteiger partial charge >= 0.3 is 0 Å². The molecule has 0 radical (unpaired) electrons. The quantitative estimate of drug-likeness (QED) is 0.176. The van der Waals surface area contributed by atoms with Crippen LogP contribution >= 0.6 is 0 Å². The van der Waals surface area contributed by atoms with Crippen molar-refractivity contribution in [3.05, 3.63) is 188 Å². The third kappa shape index (κ3) is 4.94. The summed E-state index contributed by atoms with van der Waals surface area (Å²) in [6.07, 6.45) is 6.72. The summed E-state index contributed by atoms with van der Waals surface area (Å²) in [7, 11) is 0. The van der Waals surface area contributed by atoms with E-state index in [0.29, 0.717) is 17.5 Å². The van der Waals surface area contributed by atoms with Gasteiger partial charge in [0.25, 0.3) is 0 Å². The topological polar surface area (TPSA) is 66.0 Å². The van der Waals surface area contributed by atoms with E-state index in [0.717, 1.165) is 61.2 Å². The number of hydrogen-bond donors (Lipinski definition) is 0. The fourth-order valence-corrected chi connectivity index (χ4v) is 8.91. The Labute approximate surface area is 327 Å². The van der Waals surface area contributed by atoms with E-state index in [4.69, 9.17) is 24.1 Å². The van der Waals surface area contributed by atoms with Crippen molar-refractivity contribution < 1.29 is 9.15 Å². The normalized spacial score (nSPS) is 15.9. The molecule has 0 spiro atoms. The molecule has 0 saturated carbocycles. The molecule has 6 heteroatoms. The van der Waals surface area contributed by atoms with Crippen molar-refractivity contribution in [1.29, 1.82) is 0 Å². The fraction of sp³-hybridized carbons (Fsp3) is 0.0392. The molecule has 0 amide bonds. The number of furan rings is 1. The Bertz CT molecular complexity index is 3180. The first-order valence-corrected chi connectivity index (χ1v) is 19.3. The predicted molar refractivity (Wildman–Crippen MR) is 229 cm³/mol. The van der Waals surface area contributed by atoms with Crippen molar-refractivity contribution in [2.45, 2.75) is 12.0 Å². The lowest BCUT2D eigenvalue weighted by atomic mass is 9.85. The van der Waals surface area contributed by atoms with E-state index in [1.807, 2.05) is 72.8 Å². The largest absolute Gasteiger partial charge is 0.485 e. The van der Waals surface area contributed by atoms with Crippen molar-refractivity contribution in [1.82, 2.24) is 19.5 Å². The second-order valence-corrected chi connectivity index (χ2v) is 14.6. The average Bonchev–Trinajstić information content (AvgIpc) is 3.96. The minimum Gasteiger partial charge on any atom is -0.485 e. The van der Waals surface area contributed by atoms with E-state index >= 15 is 0 Å². The highest BCUT2D eigenvalue weighted by molar-refractivity contribution is 6.15. The summed E-state index contributed by atoms with van der Waals surface area (Å²) in [4.78, 5) is 15.0. The molecule has 2 unspecified atom stereocenters. The van der Waals surface area contributed by atoms with E-state index in [2.05, 4.69) is 114 Å². The zero-order valence-electron chi connectivity index (χ0n) is 30.6. The van der Waals surface area contributed by atoms with Crippen LogP contribution in [0.1, 0.15) is 11.5 Å². The number of rotatable bonds is 5. The monoisotopic (exact) mass is 732 g/mol. The van der Waals surface area contributed by atoms with E-state index in [-0.39, 0.29) is 12.0 Å². The van der Waals surface area contributed by atoms with E-state index in [1.54, 1.807) is 0 Å². The molecule has 0 fully saturated rings. The standard InChI is InChI=1S/C51H32N4O2/c1-3-14-31(15-4-1)49-52-50(32-16-5-2-6-17-32)54-51(53-49)40-23-11-22-39-47-37(21-13-27-44(47)57-48(39)40)36-20-12-26-43-46(36)38-29-28-33(30-45(38)56-43)55-41-24-9-7-18-34(41)35-19-8-10-25-42(35)55/h1-30,38,45H. The van der Waals surface area contributed by atoms with Crippen LogP contribution in [-0.4, -0.2) is 25.6 Å². The van der Waals surface area contributed by atoms with Crippen LogP contribution < -0.4 is 4.74 Å². The van der Waals surface area contributed by atoms with Gasteiger partial charge in [-0.25, -0.2) is 15.0 Å². The number of para-hydroxylation sites is 3. The number of allylic oxidation sites excluding steroid dienone is 2. The van der Waals surface area contributed by atoms with Crippen molar-refractivity contribution in [2.75, 3.05) is 0 Å². The van der Waals surface area contributed by atoms with Gasteiger partial charge in [0.1, 0.15) is 23.0 Å². The maximum atomic E-state index is 6.79. The van der Waals surface area contributed by atoms with Gasteiger partial charge in [-0.15, -0.1) is 0 Å². The van der Waals surface area contributed by atoms with E-state index in [1.165, 1.54) is 27.4 Å². The summed E-state index contributed by atoms with van der Waals surface area (Å²) < 4.78 is 15.9. The molecule has 2 atom stereocenters. The average molecular weight is 733 g/mol. The van der Waals surface area contributed by atoms with E-state index in [9.17, 15) is 0 Å². The van der Waals surface area contributed by atoms with Crippen LogP contribution in [0.25, 0.3) is 94.7 Å². The van der Waals surface area contributed by atoms with Crippen LogP contribution in [0.4, 0.5) is 0 Å². The Hall–Kier alpha value is -7.57. The molecular weight excluding hydrogens is 701 g/mol. The molecule has 0 saturated heterocycles. The summed E-state index contributed by atoms with van der Waals surface area (Å²) in [5, 5.41) is 4.54. The first-order valence-electron chi connectivity index (χ1n) is 19.3. The lowest BCUT2D eigenvalue weighted by Crippen LogP contribution is -2.18. The molecule has 1 aliphatic carbocycles. The summed E-state index contributed by atoms with van der Waals surface area (Å²) in [6.45, 7) is 0. The van der Waals surface area contributed by atoms with Crippen LogP contribution in [-0.2, 0) is 0 Å². The highest BCUT2D eigenvalue weighted by atomic mass is 16.5. The van der Waals surface area contributed by atoms with Gasteiger partial charge in [0.2, 0.25) is 0 Å². The molecule has 10 aromatic rings. The van der Waals surface area contributed by atoms with Crippen LogP contribution in [0.15, 0.2) is 186 Å². The fourth-order valence-electron chi connectivity index (χ4n) is 8.91. The number of aromatic nitrogens is 4. The number of hydrogen-bond acceptors (Lipinski definition) is 5.